The lowest BCUT2D eigenvalue weighted by molar-refractivity contribution is 0.0956. The molecule has 0 aliphatic carbocycles. The molecule has 2 nitrogen and oxygen atoms in total. The molecule has 0 saturated carbocycles. The van der Waals surface area contributed by atoms with E-state index in [1.54, 1.807) is 24.3 Å². The monoisotopic (exact) mass is 192 g/mol. The molecule has 0 radical (unpaired) electrons. The molecule has 0 saturated heterocycles. The molecule has 1 atom stereocenters. The number of aliphatic hydroxyl groups is 2. The number of hydrogen-bond donors (Lipinski definition) is 2. The normalized spacial score (nSPS) is 10.7. The van der Waals surface area contributed by atoms with E-state index in [0.29, 0.717) is 0 Å². The van der Waals surface area contributed by atoms with Crippen molar-refractivity contribution in [2.75, 3.05) is 6.61 Å². The average Bonchev–Trinajstić information content (AvgIpc) is 2.29. The predicted octanol–water partition coefficient (Wildman–Crippen LogP) is 2.07. The van der Waals surface area contributed by atoms with Gasteiger partial charge in [-0.15, -0.1) is 0 Å². The van der Waals surface area contributed by atoms with Gasteiger partial charge in [0.1, 0.15) is 6.10 Å². The van der Waals surface area contributed by atoms with Crippen molar-refractivity contribution < 1.29 is 10.2 Å². The zero-order chi connectivity index (χ0) is 10.8. The fourth-order valence-corrected chi connectivity index (χ4v) is 0.781. The molecule has 1 aromatic carbocycles. The lowest BCUT2D eigenvalue weighted by Gasteiger charge is -2.05. The van der Waals surface area contributed by atoms with E-state index in [-0.39, 0.29) is 6.61 Å². The summed E-state index contributed by atoms with van der Waals surface area (Å²) in [6, 6.07) is 9.08. The molecule has 1 unspecified atom stereocenters. The molecular weight excluding hydrogens is 176 g/mol. The van der Waals surface area contributed by atoms with E-state index >= 15 is 0 Å². The molecule has 0 amide bonds. The van der Waals surface area contributed by atoms with Crippen LogP contribution in [0, 0.1) is 0 Å². The Bertz CT molecular complexity index is 248. The van der Waals surface area contributed by atoms with Gasteiger partial charge in [0.05, 0.1) is 6.61 Å². The number of aliphatic hydroxyl groups excluding tert-OH is 2. The minimum atomic E-state index is -0.735. The summed E-state index contributed by atoms with van der Waals surface area (Å²) in [5.41, 5.74) is 0.755. The zero-order valence-corrected chi connectivity index (χ0v) is 8.13. The van der Waals surface area contributed by atoms with Crippen molar-refractivity contribution >= 4 is 0 Å². The first kappa shape index (κ1) is 12.6. The average molecular weight is 192 g/mol. The van der Waals surface area contributed by atoms with Crippen LogP contribution in [-0.4, -0.2) is 16.8 Å². The number of hydrogen-bond acceptors (Lipinski definition) is 2. The summed E-state index contributed by atoms with van der Waals surface area (Å²) < 4.78 is 0. The highest BCUT2D eigenvalue weighted by Gasteiger charge is 2.02. The summed E-state index contributed by atoms with van der Waals surface area (Å²) in [7, 11) is 0. The van der Waals surface area contributed by atoms with E-state index in [4.69, 9.17) is 10.2 Å². The van der Waals surface area contributed by atoms with Gasteiger partial charge >= 0.3 is 0 Å². The summed E-state index contributed by atoms with van der Waals surface area (Å²) in [6.45, 7) is 6.50. The van der Waals surface area contributed by atoms with E-state index in [9.17, 15) is 0 Å². The van der Waals surface area contributed by atoms with Crippen LogP contribution in [0.15, 0.2) is 55.6 Å². The Labute approximate surface area is 84.8 Å². The quantitative estimate of drug-likeness (QED) is 0.720. The molecular formula is C12H16O2. The van der Waals surface area contributed by atoms with Crippen molar-refractivity contribution in [3.63, 3.8) is 0 Å². The van der Waals surface area contributed by atoms with Crippen LogP contribution in [0.1, 0.15) is 11.7 Å². The van der Waals surface area contributed by atoms with Gasteiger partial charge in [0.15, 0.2) is 0 Å². The Morgan fingerprint density at radius 1 is 1.14 bits per heavy atom. The second-order valence-corrected chi connectivity index (χ2v) is 2.58. The third kappa shape index (κ3) is 5.30. The molecule has 2 heteroatoms. The molecule has 1 aromatic rings. The second-order valence-electron chi connectivity index (χ2n) is 2.58. The van der Waals surface area contributed by atoms with Crippen molar-refractivity contribution in [1.82, 2.24) is 0 Å². The summed E-state index contributed by atoms with van der Waals surface area (Å²) in [5.74, 6) is 0. The maximum Gasteiger partial charge on any atom is 0.102 e. The maximum absolute atomic E-state index is 9.08. The Morgan fingerprint density at radius 2 is 1.64 bits per heavy atom. The first-order valence-electron chi connectivity index (χ1n) is 4.33. The van der Waals surface area contributed by atoms with Gasteiger partial charge in [-0.1, -0.05) is 55.6 Å². The molecule has 0 aliphatic rings. The van der Waals surface area contributed by atoms with Gasteiger partial charge in [-0.3, -0.25) is 0 Å². The lowest BCUT2D eigenvalue weighted by Crippen LogP contribution is -2.01. The third-order valence-corrected chi connectivity index (χ3v) is 1.52. The Kier molecular flexibility index (Phi) is 7.42. The minimum absolute atomic E-state index is 0.218. The van der Waals surface area contributed by atoms with Crippen LogP contribution in [0.2, 0.25) is 0 Å². The molecule has 0 fully saturated rings. The van der Waals surface area contributed by atoms with Crippen LogP contribution < -0.4 is 0 Å². The highest BCUT2D eigenvalue weighted by molar-refractivity contribution is 5.16. The topological polar surface area (TPSA) is 40.5 Å². The molecule has 0 heterocycles. The van der Waals surface area contributed by atoms with E-state index in [1.807, 2.05) is 18.2 Å². The smallest absolute Gasteiger partial charge is 0.102 e. The third-order valence-electron chi connectivity index (χ3n) is 1.52. The van der Waals surface area contributed by atoms with Gasteiger partial charge in [-0.05, 0) is 5.56 Å². The lowest BCUT2D eigenvalue weighted by atomic mass is 10.1. The van der Waals surface area contributed by atoms with Crippen LogP contribution >= 0.6 is 0 Å². The first-order chi connectivity index (χ1) is 6.76. The minimum Gasteiger partial charge on any atom is -0.393 e. The number of allylic oxidation sites excluding steroid dienone is 2. The second kappa shape index (κ2) is 8.23. The Morgan fingerprint density at radius 3 is 2.00 bits per heavy atom. The van der Waals surface area contributed by atoms with E-state index in [2.05, 4.69) is 13.2 Å². The summed E-state index contributed by atoms with van der Waals surface area (Å²) in [4.78, 5) is 0. The van der Waals surface area contributed by atoms with Gasteiger partial charge in [-0.2, -0.15) is 0 Å². The van der Waals surface area contributed by atoms with Crippen LogP contribution in [0.25, 0.3) is 0 Å². The number of benzene rings is 1. The molecule has 0 aliphatic heterocycles. The molecule has 0 spiro atoms. The van der Waals surface area contributed by atoms with Gasteiger partial charge in [0, 0.05) is 0 Å². The SMILES string of the molecule is C=CC=C.OCC(O)c1ccccc1. The van der Waals surface area contributed by atoms with E-state index in [1.165, 1.54) is 0 Å². The molecule has 14 heavy (non-hydrogen) atoms. The van der Waals surface area contributed by atoms with E-state index in [0.717, 1.165) is 5.56 Å². The predicted molar refractivity (Wildman–Crippen MR) is 58.9 cm³/mol. The maximum atomic E-state index is 9.08. The fourth-order valence-electron chi connectivity index (χ4n) is 0.781. The first-order valence-corrected chi connectivity index (χ1v) is 4.33. The van der Waals surface area contributed by atoms with Crippen LogP contribution in [0.5, 0.6) is 0 Å². The van der Waals surface area contributed by atoms with Crippen molar-refractivity contribution in [3.05, 3.63) is 61.2 Å². The Balaban J connectivity index is 0.000000364. The van der Waals surface area contributed by atoms with Gasteiger partial charge in [0.2, 0.25) is 0 Å². The van der Waals surface area contributed by atoms with Gasteiger partial charge in [-0.25, -0.2) is 0 Å². The Hall–Kier alpha value is -1.38. The molecule has 76 valence electrons. The van der Waals surface area contributed by atoms with Crippen LogP contribution in [0.3, 0.4) is 0 Å². The standard InChI is InChI=1S/C8H10O2.C4H6/c9-6-8(10)7-4-2-1-3-5-7;1-3-4-2/h1-5,8-10H,6H2;3-4H,1-2H2. The van der Waals surface area contributed by atoms with Gasteiger partial charge in [0.25, 0.3) is 0 Å². The van der Waals surface area contributed by atoms with Crippen molar-refractivity contribution in [2.45, 2.75) is 6.10 Å². The number of rotatable bonds is 3. The molecule has 0 aromatic heterocycles. The van der Waals surface area contributed by atoms with Crippen LogP contribution in [0.4, 0.5) is 0 Å². The zero-order valence-electron chi connectivity index (χ0n) is 8.13. The van der Waals surface area contributed by atoms with Crippen molar-refractivity contribution in [2.24, 2.45) is 0 Å². The van der Waals surface area contributed by atoms with Crippen molar-refractivity contribution in [1.29, 1.82) is 0 Å². The summed E-state index contributed by atoms with van der Waals surface area (Å²) in [6.07, 6.45) is 2.54. The highest BCUT2D eigenvalue weighted by atomic mass is 16.3. The summed E-state index contributed by atoms with van der Waals surface area (Å²) >= 11 is 0. The molecule has 2 N–H and O–H groups in total. The molecule has 0 bridgehead atoms. The van der Waals surface area contributed by atoms with Crippen molar-refractivity contribution in [3.8, 4) is 0 Å². The fraction of sp³-hybridized carbons (Fsp3) is 0.167. The molecule has 1 rings (SSSR count). The van der Waals surface area contributed by atoms with E-state index < -0.39 is 6.10 Å². The van der Waals surface area contributed by atoms with Crippen LogP contribution in [-0.2, 0) is 0 Å². The summed E-state index contributed by atoms with van der Waals surface area (Å²) in [5, 5.41) is 17.6. The largest absolute Gasteiger partial charge is 0.393 e. The van der Waals surface area contributed by atoms with Gasteiger partial charge < -0.3 is 10.2 Å². The highest BCUT2D eigenvalue weighted by Crippen LogP contribution is 2.09.